The van der Waals surface area contributed by atoms with E-state index in [-0.39, 0.29) is 6.04 Å². The van der Waals surface area contributed by atoms with Crippen molar-refractivity contribution in [3.05, 3.63) is 48.3 Å². The third kappa shape index (κ3) is 4.43. The van der Waals surface area contributed by atoms with Crippen molar-refractivity contribution in [2.24, 2.45) is 0 Å². The fraction of sp³-hybridized carbons (Fsp3) is 0.444. The number of nitrogens with zero attached hydrogens (tertiary/aromatic N) is 3. The molecule has 3 rings (SSSR count). The Balaban J connectivity index is 1.60. The maximum absolute atomic E-state index is 10.4. The molecule has 6 nitrogen and oxygen atoms in total. The Morgan fingerprint density at radius 3 is 2.71 bits per heavy atom. The summed E-state index contributed by atoms with van der Waals surface area (Å²) in [5, 5.41) is 13.7. The molecule has 0 aliphatic carbocycles. The molecule has 0 radical (unpaired) electrons. The van der Waals surface area contributed by atoms with Crippen LogP contribution in [0.5, 0.6) is 0 Å². The molecule has 0 saturated carbocycles. The summed E-state index contributed by atoms with van der Waals surface area (Å²) in [6, 6.07) is 11.8. The van der Waals surface area contributed by atoms with Crippen molar-refractivity contribution in [1.29, 1.82) is 0 Å². The van der Waals surface area contributed by atoms with E-state index >= 15 is 0 Å². The van der Waals surface area contributed by atoms with Crippen LogP contribution >= 0.6 is 0 Å². The predicted molar refractivity (Wildman–Crippen MR) is 94.3 cm³/mol. The van der Waals surface area contributed by atoms with E-state index in [2.05, 4.69) is 20.2 Å². The van der Waals surface area contributed by atoms with E-state index in [1.807, 2.05) is 43.3 Å². The summed E-state index contributed by atoms with van der Waals surface area (Å²) >= 11 is 0. The molecule has 1 aromatic carbocycles. The molecule has 0 spiro atoms. The van der Waals surface area contributed by atoms with Gasteiger partial charge < -0.3 is 20.1 Å². The largest absolute Gasteiger partial charge is 0.391 e. The molecule has 2 heterocycles. The van der Waals surface area contributed by atoms with Crippen molar-refractivity contribution >= 4 is 11.6 Å². The van der Waals surface area contributed by atoms with Gasteiger partial charge in [0.05, 0.1) is 25.4 Å². The van der Waals surface area contributed by atoms with Gasteiger partial charge in [-0.05, 0) is 12.5 Å². The zero-order chi connectivity index (χ0) is 16.8. The maximum atomic E-state index is 10.4. The van der Waals surface area contributed by atoms with Gasteiger partial charge in [-0.2, -0.15) is 0 Å². The lowest BCUT2D eigenvalue weighted by atomic mass is 10.0. The average Bonchev–Trinajstić information content (AvgIpc) is 2.63. The van der Waals surface area contributed by atoms with Crippen LogP contribution in [0.1, 0.15) is 12.5 Å². The van der Waals surface area contributed by atoms with Gasteiger partial charge >= 0.3 is 0 Å². The lowest BCUT2D eigenvalue weighted by Gasteiger charge is -2.28. The molecule has 128 valence electrons. The van der Waals surface area contributed by atoms with Crippen LogP contribution in [0, 0.1) is 0 Å². The number of rotatable bonds is 6. The number of aliphatic hydroxyl groups is 1. The molecular weight excluding hydrogens is 304 g/mol. The van der Waals surface area contributed by atoms with Gasteiger partial charge in [0.15, 0.2) is 0 Å². The number of benzene rings is 1. The van der Waals surface area contributed by atoms with Crippen LogP contribution in [0.4, 0.5) is 11.6 Å². The van der Waals surface area contributed by atoms with Gasteiger partial charge in [0.2, 0.25) is 0 Å². The van der Waals surface area contributed by atoms with E-state index < -0.39 is 6.10 Å². The van der Waals surface area contributed by atoms with E-state index in [9.17, 15) is 5.11 Å². The Labute approximate surface area is 142 Å². The second-order valence-electron chi connectivity index (χ2n) is 6.05. The summed E-state index contributed by atoms with van der Waals surface area (Å²) in [5.41, 5.74) is 1.12. The van der Waals surface area contributed by atoms with Crippen LogP contribution < -0.4 is 10.2 Å². The first-order valence-corrected chi connectivity index (χ1v) is 8.35. The molecule has 1 aliphatic heterocycles. The lowest BCUT2D eigenvalue weighted by molar-refractivity contribution is 0.122. The average molecular weight is 328 g/mol. The van der Waals surface area contributed by atoms with Crippen LogP contribution in [-0.4, -0.2) is 53.5 Å². The quantitative estimate of drug-likeness (QED) is 0.841. The van der Waals surface area contributed by atoms with Crippen LogP contribution in [0.2, 0.25) is 0 Å². The Hall–Kier alpha value is -2.18. The molecule has 1 aliphatic rings. The smallest absolute Gasteiger partial charge is 0.134 e. The number of hydrogen-bond acceptors (Lipinski definition) is 6. The summed E-state index contributed by atoms with van der Waals surface area (Å²) in [4.78, 5) is 10.8. The third-order valence-corrected chi connectivity index (χ3v) is 4.23. The van der Waals surface area contributed by atoms with Gasteiger partial charge in [-0.15, -0.1) is 0 Å². The minimum Gasteiger partial charge on any atom is -0.391 e. The van der Waals surface area contributed by atoms with Crippen LogP contribution in [0.15, 0.2) is 42.7 Å². The first-order chi connectivity index (χ1) is 11.7. The molecule has 2 atom stereocenters. The van der Waals surface area contributed by atoms with Gasteiger partial charge in [0.1, 0.15) is 18.0 Å². The Morgan fingerprint density at radius 2 is 1.96 bits per heavy atom. The zero-order valence-corrected chi connectivity index (χ0v) is 13.9. The minimum atomic E-state index is -0.491. The topological polar surface area (TPSA) is 70.5 Å². The van der Waals surface area contributed by atoms with Gasteiger partial charge in [0.25, 0.3) is 0 Å². The molecular formula is C18H24N4O2. The SMILES string of the molecule is C[C@@H](Nc1cc(N2CCOCC2)ncn1)[C@H](O)Cc1ccccc1. The standard InChI is InChI=1S/C18H24N4O2/c1-14(16(23)11-15-5-3-2-4-6-15)21-17-12-18(20-13-19-17)22-7-9-24-10-8-22/h2-6,12-14,16,23H,7-11H2,1H3,(H,19,20,21)/t14-,16-/m1/s1. The molecule has 6 heteroatoms. The van der Waals surface area contributed by atoms with Crippen molar-refractivity contribution < 1.29 is 9.84 Å². The summed E-state index contributed by atoms with van der Waals surface area (Å²) < 4.78 is 5.37. The second kappa shape index (κ2) is 8.08. The number of hydrogen-bond donors (Lipinski definition) is 2. The molecule has 0 unspecified atom stereocenters. The van der Waals surface area contributed by atoms with Crippen molar-refractivity contribution in [2.75, 3.05) is 36.5 Å². The second-order valence-corrected chi connectivity index (χ2v) is 6.05. The highest BCUT2D eigenvalue weighted by Gasteiger charge is 2.17. The fourth-order valence-electron chi connectivity index (χ4n) is 2.75. The van der Waals surface area contributed by atoms with Crippen LogP contribution in [0.25, 0.3) is 0 Å². The third-order valence-electron chi connectivity index (χ3n) is 4.23. The molecule has 1 saturated heterocycles. The molecule has 1 aromatic heterocycles. The summed E-state index contributed by atoms with van der Waals surface area (Å²) in [5.74, 6) is 1.62. The first kappa shape index (κ1) is 16.7. The summed E-state index contributed by atoms with van der Waals surface area (Å²) in [6.45, 7) is 5.08. The van der Waals surface area contributed by atoms with Crippen molar-refractivity contribution in [1.82, 2.24) is 9.97 Å². The van der Waals surface area contributed by atoms with E-state index in [1.54, 1.807) is 6.33 Å². The number of nitrogens with one attached hydrogen (secondary N) is 1. The van der Waals surface area contributed by atoms with Gasteiger partial charge in [-0.25, -0.2) is 9.97 Å². The molecule has 1 fully saturated rings. The molecule has 0 amide bonds. The highest BCUT2D eigenvalue weighted by molar-refractivity contribution is 5.49. The van der Waals surface area contributed by atoms with E-state index in [4.69, 9.17) is 4.74 Å². The highest BCUT2D eigenvalue weighted by atomic mass is 16.5. The number of aliphatic hydroxyl groups excluding tert-OH is 1. The molecule has 24 heavy (non-hydrogen) atoms. The van der Waals surface area contributed by atoms with Crippen molar-refractivity contribution in [3.8, 4) is 0 Å². The van der Waals surface area contributed by atoms with Crippen LogP contribution in [-0.2, 0) is 11.2 Å². The van der Waals surface area contributed by atoms with Crippen molar-refractivity contribution in [2.45, 2.75) is 25.5 Å². The maximum Gasteiger partial charge on any atom is 0.134 e. The van der Waals surface area contributed by atoms with E-state index in [1.165, 1.54) is 0 Å². The Kier molecular flexibility index (Phi) is 5.61. The monoisotopic (exact) mass is 328 g/mol. The molecule has 0 bridgehead atoms. The fourth-order valence-corrected chi connectivity index (χ4v) is 2.75. The van der Waals surface area contributed by atoms with Gasteiger partial charge in [0, 0.05) is 25.6 Å². The normalized spacial score (nSPS) is 17.3. The lowest BCUT2D eigenvalue weighted by Crippen LogP contribution is -2.37. The number of ether oxygens (including phenoxy) is 1. The van der Waals surface area contributed by atoms with Crippen molar-refractivity contribution in [3.63, 3.8) is 0 Å². The minimum absolute atomic E-state index is 0.113. The Bertz CT molecular complexity index is 632. The van der Waals surface area contributed by atoms with Gasteiger partial charge in [-0.1, -0.05) is 30.3 Å². The Morgan fingerprint density at radius 1 is 1.21 bits per heavy atom. The predicted octanol–water partition coefficient (Wildman–Crippen LogP) is 1.72. The van der Waals surface area contributed by atoms with E-state index in [0.717, 1.165) is 43.5 Å². The number of aromatic nitrogens is 2. The molecule has 2 N–H and O–H groups in total. The molecule has 2 aromatic rings. The zero-order valence-electron chi connectivity index (χ0n) is 13.9. The van der Waals surface area contributed by atoms with E-state index in [0.29, 0.717) is 6.42 Å². The van der Waals surface area contributed by atoms with Gasteiger partial charge in [-0.3, -0.25) is 0 Å². The number of morpholine rings is 1. The number of anilines is 2. The summed E-state index contributed by atoms with van der Waals surface area (Å²) in [6.07, 6.45) is 1.68. The summed E-state index contributed by atoms with van der Waals surface area (Å²) in [7, 11) is 0. The first-order valence-electron chi connectivity index (χ1n) is 8.35. The van der Waals surface area contributed by atoms with Crippen LogP contribution in [0.3, 0.4) is 0 Å². The highest BCUT2D eigenvalue weighted by Crippen LogP contribution is 2.17.